The molecule has 0 aliphatic carbocycles. The normalized spacial score (nSPS) is 15.3. The molecule has 2 aromatic carbocycles. The zero-order chi connectivity index (χ0) is 20.8. The highest BCUT2D eigenvalue weighted by molar-refractivity contribution is 7.98. The fourth-order valence-corrected chi connectivity index (χ4v) is 4.24. The van der Waals surface area contributed by atoms with Crippen molar-refractivity contribution in [1.29, 1.82) is 0 Å². The number of halogens is 1. The number of carbonyl (C=O) groups excluding carboxylic acids is 1. The average Bonchev–Trinajstić information content (AvgIpc) is 2.73. The number of oxime groups is 1. The first-order valence-electron chi connectivity index (χ1n) is 9.54. The molecule has 1 N–H and O–H groups in total. The van der Waals surface area contributed by atoms with Crippen LogP contribution in [0.2, 0.25) is 0 Å². The number of hydrogen-bond acceptors (Lipinski definition) is 5. The van der Waals surface area contributed by atoms with E-state index in [9.17, 15) is 14.4 Å². The molecule has 1 fully saturated rings. The molecule has 154 valence electrons. The number of amides is 1. The zero-order valence-electron chi connectivity index (χ0n) is 16.6. The minimum absolute atomic E-state index is 0.0229. The van der Waals surface area contributed by atoms with Crippen molar-refractivity contribution in [3.05, 3.63) is 59.4 Å². The maximum absolute atomic E-state index is 14.2. The van der Waals surface area contributed by atoms with Gasteiger partial charge < -0.3 is 14.8 Å². The minimum atomic E-state index is -0.350. The largest absolute Gasteiger partial charge is 0.411 e. The highest BCUT2D eigenvalue weighted by Crippen LogP contribution is 2.28. The Morgan fingerprint density at radius 1 is 1.24 bits per heavy atom. The number of carbonyl (C=O) groups is 1. The maximum atomic E-state index is 14.2. The lowest BCUT2D eigenvalue weighted by atomic mass is 9.90. The van der Waals surface area contributed by atoms with Crippen molar-refractivity contribution in [3.8, 4) is 0 Å². The van der Waals surface area contributed by atoms with Crippen molar-refractivity contribution >= 4 is 29.1 Å². The van der Waals surface area contributed by atoms with Crippen molar-refractivity contribution in [2.75, 3.05) is 25.2 Å². The van der Waals surface area contributed by atoms with Crippen LogP contribution < -0.4 is 4.90 Å². The standard InChI is InChI=1S/C22H25FN2O3S/c1-15(26)25(2)20-5-3-16(4-6-20)14-29-21-12-18(11-19(23)13-21)22(24-27)17-7-9-28-10-8-17/h3-6,11-13,17,27H,7-10,14H2,1-2H3. The second-order valence-corrected chi connectivity index (χ2v) is 8.13. The summed E-state index contributed by atoms with van der Waals surface area (Å²) in [5.41, 5.74) is 3.04. The van der Waals surface area contributed by atoms with Gasteiger partial charge in [0.25, 0.3) is 0 Å². The van der Waals surface area contributed by atoms with E-state index < -0.39 is 0 Å². The molecule has 1 aliphatic heterocycles. The van der Waals surface area contributed by atoms with E-state index in [0.29, 0.717) is 30.2 Å². The van der Waals surface area contributed by atoms with Gasteiger partial charge in [0.2, 0.25) is 5.91 Å². The van der Waals surface area contributed by atoms with Gasteiger partial charge in [-0.25, -0.2) is 4.39 Å². The third-order valence-electron chi connectivity index (χ3n) is 5.08. The van der Waals surface area contributed by atoms with Crippen molar-refractivity contribution in [2.45, 2.75) is 30.4 Å². The van der Waals surface area contributed by atoms with Crippen molar-refractivity contribution in [2.24, 2.45) is 11.1 Å². The number of nitrogens with zero attached hydrogens (tertiary/aromatic N) is 2. The molecule has 0 aromatic heterocycles. The molecule has 1 saturated heterocycles. The van der Waals surface area contributed by atoms with E-state index in [1.165, 1.54) is 30.8 Å². The summed E-state index contributed by atoms with van der Waals surface area (Å²) in [5, 5.41) is 13.0. The molecule has 0 unspecified atom stereocenters. The second kappa shape index (κ2) is 9.89. The van der Waals surface area contributed by atoms with Crippen LogP contribution in [0.4, 0.5) is 10.1 Å². The molecular formula is C22H25FN2O3S. The molecule has 29 heavy (non-hydrogen) atoms. The zero-order valence-corrected chi connectivity index (χ0v) is 17.4. The molecule has 0 bridgehead atoms. The molecule has 3 rings (SSSR count). The number of thioether (sulfide) groups is 1. The molecule has 0 saturated carbocycles. The molecule has 1 heterocycles. The van der Waals surface area contributed by atoms with E-state index in [1.807, 2.05) is 30.3 Å². The highest BCUT2D eigenvalue weighted by Gasteiger charge is 2.22. The third kappa shape index (κ3) is 5.58. The van der Waals surface area contributed by atoms with E-state index in [1.54, 1.807) is 11.9 Å². The first-order valence-corrected chi connectivity index (χ1v) is 10.5. The molecule has 2 aromatic rings. The first kappa shape index (κ1) is 21.3. The van der Waals surface area contributed by atoms with Crippen LogP contribution in [0.15, 0.2) is 52.5 Å². The number of benzene rings is 2. The van der Waals surface area contributed by atoms with Gasteiger partial charge in [-0.2, -0.15) is 0 Å². The van der Waals surface area contributed by atoms with Crippen molar-refractivity contribution in [1.82, 2.24) is 0 Å². The van der Waals surface area contributed by atoms with Gasteiger partial charge in [0.1, 0.15) is 5.82 Å². The summed E-state index contributed by atoms with van der Waals surface area (Å²) in [6, 6.07) is 12.5. The van der Waals surface area contributed by atoms with Crippen LogP contribution in [0.5, 0.6) is 0 Å². The van der Waals surface area contributed by atoms with Crippen molar-refractivity contribution in [3.63, 3.8) is 0 Å². The lowest BCUT2D eigenvalue weighted by Gasteiger charge is -2.23. The summed E-state index contributed by atoms with van der Waals surface area (Å²) < 4.78 is 19.6. The molecule has 5 nitrogen and oxygen atoms in total. The van der Waals surface area contributed by atoms with E-state index in [0.717, 1.165) is 29.0 Å². The first-order chi connectivity index (χ1) is 14.0. The Balaban J connectivity index is 1.70. The number of hydrogen-bond donors (Lipinski definition) is 1. The Morgan fingerprint density at radius 2 is 1.93 bits per heavy atom. The predicted molar refractivity (Wildman–Crippen MR) is 113 cm³/mol. The Morgan fingerprint density at radius 3 is 2.55 bits per heavy atom. The second-order valence-electron chi connectivity index (χ2n) is 7.08. The molecule has 0 spiro atoms. The number of ether oxygens (including phenoxy) is 1. The summed E-state index contributed by atoms with van der Waals surface area (Å²) in [7, 11) is 1.74. The minimum Gasteiger partial charge on any atom is -0.411 e. The van der Waals surface area contributed by atoms with Crippen LogP contribution in [0.3, 0.4) is 0 Å². The predicted octanol–water partition coefficient (Wildman–Crippen LogP) is 4.71. The summed E-state index contributed by atoms with van der Waals surface area (Å²) in [5.74, 6) is 0.358. The fraction of sp³-hybridized carbons (Fsp3) is 0.364. The Kier molecular flexibility index (Phi) is 7.28. The Bertz CT molecular complexity index is 880. The van der Waals surface area contributed by atoms with Gasteiger partial charge in [0.05, 0.1) is 5.71 Å². The van der Waals surface area contributed by atoms with Crippen LogP contribution in [0.1, 0.15) is 30.9 Å². The van der Waals surface area contributed by atoms with Crippen molar-refractivity contribution < 1.29 is 19.1 Å². The maximum Gasteiger partial charge on any atom is 0.223 e. The van der Waals surface area contributed by atoms with E-state index in [2.05, 4.69) is 5.16 Å². The van der Waals surface area contributed by atoms with Gasteiger partial charge in [-0.15, -0.1) is 11.8 Å². The monoisotopic (exact) mass is 416 g/mol. The molecule has 0 radical (unpaired) electrons. The SMILES string of the molecule is CC(=O)N(C)c1ccc(CSc2cc(F)cc(C(=NO)C3CCOCC3)c2)cc1. The molecule has 0 atom stereocenters. The quantitative estimate of drug-likeness (QED) is 0.321. The Labute approximate surface area is 174 Å². The van der Waals surface area contributed by atoms with E-state index >= 15 is 0 Å². The van der Waals surface area contributed by atoms with Gasteiger partial charge in [-0.3, -0.25) is 4.79 Å². The topological polar surface area (TPSA) is 62.1 Å². The third-order valence-corrected chi connectivity index (χ3v) is 6.13. The van der Waals surface area contributed by atoms with Gasteiger partial charge in [-0.1, -0.05) is 17.3 Å². The number of rotatable bonds is 6. The smallest absolute Gasteiger partial charge is 0.223 e. The molecule has 7 heteroatoms. The average molecular weight is 417 g/mol. The summed E-state index contributed by atoms with van der Waals surface area (Å²) in [4.78, 5) is 13.8. The lowest BCUT2D eigenvalue weighted by Crippen LogP contribution is -2.24. The van der Waals surface area contributed by atoms with E-state index in [4.69, 9.17) is 4.74 Å². The summed E-state index contributed by atoms with van der Waals surface area (Å²) in [6.45, 7) is 2.76. The molecule has 1 aliphatic rings. The molecular weight excluding hydrogens is 391 g/mol. The lowest BCUT2D eigenvalue weighted by molar-refractivity contribution is -0.116. The summed E-state index contributed by atoms with van der Waals surface area (Å²) in [6.07, 6.45) is 1.53. The van der Waals surface area contributed by atoms with Crippen LogP contribution in [0.25, 0.3) is 0 Å². The highest BCUT2D eigenvalue weighted by atomic mass is 32.2. The van der Waals surface area contributed by atoms with Gasteiger partial charge in [-0.05, 0) is 48.7 Å². The van der Waals surface area contributed by atoms with Crippen LogP contribution in [-0.2, 0) is 15.3 Å². The summed E-state index contributed by atoms with van der Waals surface area (Å²) >= 11 is 1.52. The van der Waals surface area contributed by atoms with Gasteiger partial charge >= 0.3 is 0 Å². The van der Waals surface area contributed by atoms with Gasteiger partial charge in [0.15, 0.2) is 0 Å². The van der Waals surface area contributed by atoms with Crippen LogP contribution in [-0.4, -0.2) is 37.1 Å². The Hall–Kier alpha value is -2.38. The van der Waals surface area contributed by atoms with Crippen LogP contribution in [0, 0.1) is 11.7 Å². The molecule has 1 amide bonds. The van der Waals surface area contributed by atoms with Crippen LogP contribution >= 0.6 is 11.8 Å². The fourth-order valence-electron chi connectivity index (χ4n) is 3.30. The number of anilines is 1. The van der Waals surface area contributed by atoms with E-state index in [-0.39, 0.29) is 17.6 Å². The van der Waals surface area contributed by atoms with Gasteiger partial charge in [0, 0.05) is 55.0 Å².